The van der Waals surface area contributed by atoms with Crippen molar-refractivity contribution < 1.29 is 29.3 Å². The molecule has 44 heavy (non-hydrogen) atoms. The normalized spacial score (nSPS) is 11.3. The van der Waals surface area contributed by atoms with E-state index in [4.69, 9.17) is 4.74 Å². The number of rotatable bonds is 6. The lowest BCUT2D eigenvalue weighted by Crippen LogP contribution is -2.27. The maximum Gasteiger partial charge on any atom is 0.412 e. The number of benzene rings is 3. The van der Waals surface area contributed by atoms with Gasteiger partial charge < -0.3 is 20.3 Å². The molecular weight excluding hydrogens is 556 g/mol. The van der Waals surface area contributed by atoms with Gasteiger partial charge in [0.15, 0.2) is 5.78 Å². The van der Waals surface area contributed by atoms with E-state index in [-0.39, 0.29) is 29.0 Å². The molecule has 8 nitrogen and oxygen atoms in total. The number of hydrogen-bond donors (Lipinski definition) is 4. The van der Waals surface area contributed by atoms with Crippen LogP contribution in [0, 0.1) is 23.7 Å². The van der Waals surface area contributed by atoms with Crippen molar-refractivity contribution in [3.63, 3.8) is 0 Å². The summed E-state index contributed by atoms with van der Waals surface area (Å²) in [7, 11) is 0. The zero-order valence-corrected chi connectivity index (χ0v) is 26.1. The minimum Gasteiger partial charge on any atom is -0.444 e. The fourth-order valence-electron chi connectivity index (χ4n) is 3.79. The molecule has 8 heteroatoms. The van der Waals surface area contributed by atoms with E-state index >= 15 is 0 Å². The van der Waals surface area contributed by atoms with Gasteiger partial charge >= 0.3 is 6.09 Å². The Morgan fingerprint density at radius 1 is 0.705 bits per heavy atom. The lowest BCUT2D eigenvalue weighted by molar-refractivity contribution is 0.0635. The lowest BCUT2D eigenvalue weighted by Gasteiger charge is -2.20. The van der Waals surface area contributed by atoms with E-state index in [2.05, 4.69) is 34.3 Å². The Hall–Kier alpha value is -4.89. The van der Waals surface area contributed by atoms with Crippen LogP contribution in [0.25, 0.3) is 0 Å². The van der Waals surface area contributed by atoms with E-state index in [0.717, 1.165) is 0 Å². The molecule has 2 amide bonds. The van der Waals surface area contributed by atoms with Gasteiger partial charge in [0.1, 0.15) is 16.8 Å². The van der Waals surface area contributed by atoms with Gasteiger partial charge in [-0.2, -0.15) is 0 Å². The summed E-state index contributed by atoms with van der Waals surface area (Å²) >= 11 is 0. The fraction of sp³-hybridized carbons (Fsp3) is 0.306. The van der Waals surface area contributed by atoms with E-state index in [1.54, 1.807) is 97.0 Å². The average molecular weight is 595 g/mol. The Bertz CT molecular complexity index is 1570. The summed E-state index contributed by atoms with van der Waals surface area (Å²) in [5, 5.41) is 25.2. The van der Waals surface area contributed by atoms with E-state index < -0.39 is 28.8 Å². The third kappa shape index (κ3) is 11.8. The highest BCUT2D eigenvalue weighted by atomic mass is 16.6. The predicted molar refractivity (Wildman–Crippen MR) is 172 cm³/mol. The maximum atomic E-state index is 13.5. The zero-order chi connectivity index (χ0) is 32.7. The first-order chi connectivity index (χ1) is 20.3. The molecule has 0 radical (unpaired) electrons. The second-order valence-electron chi connectivity index (χ2n) is 12.4. The Morgan fingerprint density at radius 3 is 1.86 bits per heavy atom. The second kappa shape index (κ2) is 13.6. The SMILES string of the molecule is CC(C)(O)C#Cc1cccc(CC(=O)c2cc(NC(=O)OC(C)(C)C)cc(C(=O)Nc3cccc(C#CC(C)(C)O)c3)c2)c1. The standard InChI is InChI=1S/C36H38N2O6/c1-34(2,3)44-33(41)38-30-22-27(31(39)20-26-12-8-10-24(18-26)14-16-35(4,5)42)21-28(23-30)32(40)37-29-13-9-11-25(19-29)15-17-36(6,7)43/h8-13,18-19,21-23,42-43H,20H2,1-7H3,(H,37,40)(H,38,41). The zero-order valence-electron chi connectivity index (χ0n) is 26.1. The highest BCUT2D eigenvalue weighted by Crippen LogP contribution is 2.21. The number of carbonyl (C=O) groups is 3. The number of aliphatic hydroxyl groups is 2. The van der Waals surface area contributed by atoms with Crippen LogP contribution in [0.5, 0.6) is 0 Å². The largest absolute Gasteiger partial charge is 0.444 e. The van der Waals surface area contributed by atoms with Crippen molar-refractivity contribution in [2.75, 3.05) is 10.6 Å². The highest BCUT2D eigenvalue weighted by Gasteiger charge is 2.19. The van der Waals surface area contributed by atoms with Gasteiger partial charge in [0, 0.05) is 40.0 Å². The maximum absolute atomic E-state index is 13.5. The monoisotopic (exact) mass is 594 g/mol. The first kappa shape index (κ1) is 33.6. The predicted octanol–water partition coefficient (Wildman–Crippen LogP) is 5.96. The number of amides is 2. The number of nitrogens with one attached hydrogen (secondary N) is 2. The van der Waals surface area contributed by atoms with Gasteiger partial charge in [-0.1, -0.05) is 41.9 Å². The van der Waals surface area contributed by atoms with E-state index in [1.165, 1.54) is 18.2 Å². The van der Waals surface area contributed by atoms with Crippen LogP contribution in [-0.2, 0) is 11.2 Å². The fourth-order valence-corrected chi connectivity index (χ4v) is 3.79. The molecule has 0 aromatic heterocycles. The van der Waals surface area contributed by atoms with E-state index in [1.807, 2.05) is 0 Å². The van der Waals surface area contributed by atoms with Crippen LogP contribution in [0.1, 0.15) is 85.9 Å². The molecule has 0 saturated heterocycles. The van der Waals surface area contributed by atoms with Gasteiger partial charge in [-0.25, -0.2) is 4.79 Å². The molecule has 3 rings (SSSR count). The molecule has 0 saturated carbocycles. The molecule has 0 heterocycles. The molecule has 4 N–H and O–H groups in total. The third-order valence-electron chi connectivity index (χ3n) is 5.60. The summed E-state index contributed by atoms with van der Waals surface area (Å²) in [5.74, 6) is 10.5. The number of Topliss-reactive ketones (excluding diaryl/α,β-unsaturated/α-hetero) is 1. The molecule has 0 aliphatic rings. The first-order valence-corrected chi connectivity index (χ1v) is 14.0. The number of hydrogen-bond acceptors (Lipinski definition) is 6. The van der Waals surface area contributed by atoms with Crippen LogP contribution >= 0.6 is 0 Å². The van der Waals surface area contributed by atoms with Crippen molar-refractivity contribution in [3.8, 4) is 23.7 Å². The van der Waals surface area contributed by atoms with E-state index in [0.29, 0.717) is 22.4 Å². The summed E-state index contributed by atoms with van der Waals surface area (Å²) in [6.45, 7) is 11.5. The number of ether oxygens (including phenoxy) is 1. The molecule has 0 atom stereocenters. The van der Waals surface area contributed by atoms with Crippen LogP contribution in [0.15, 0.2) is 66.7 Å². The number of ketones is 1. The third-order valence-corrected chi connectivity index (χ3v) is 5.60. The van der Waals surface area contributed by atoms with Crippen LogP contribution < -0.4 is 10.6 Å². The van der Waals surface area contributed by atoms with Crippen molar-refractivity contribution in [1.82, 2.24) is 0 Å². The average Bonchev–Trinajstić information content (AvgIpc) is 2.89. The van der Waals surface area contributed by atoms with Crippen molar-refractivity contribution >= 4 is 29.2 Å². The van der Waals surface area contributed by atoms with Gasteiger partial charge in [0.2, 0.25) is 0 Å². The molecule has 3 aromatic carbocycles. The molecule has 3 aromatic rings. The van der Waals surface area contributed by atoms with Crippen LogP contribution in [0.3, 0.4) is 0 Å². The summed E-state index contributed by atoms with van der Waals surface area (Å²) in [6, 6.07) is 18.4. The second-order valence-corrected chi connectivity index (χ2v) is 12.4. The summed E-state index contributed by atoms with van der Waals surface area (Å²) in [5.41, 5.74) is -0.132. The van der Waals surface area contributed by atoms with Gasteiger partial charge in [-0.15, -0.1) is 0 Å². The van der Waals surface area contributed by atoms with Gasteiger partial charge in [-0.05, 0) is 103 Å². The van der Waals surface area contributed by atoms with E-state index in [9.17, 15) is 24.6 Å². The molecule has 0 bridgehead atoms. The Balaban J connectivity index is 1.92. The van der Waals surface area contributed by atoms with Crippen molar-refractivity contribution in [1.29, 1.82) is 0 Å². The van der Waals surface area contributed by atoms with Crippen LogP contribution in [0.2, 0.25) is 0 Å². The van der Waals surface area contributed by atoms with Crippen molar-refractivity contribution in [2.45, 2.75) is 71.7 Å². The first-order valence-electron chi connectivity index (χ1n) is 14.0. The molecule has 0 unspecified atom stereocenters. The molecule has 0 aliphatic carbocycles. The smallest absolute Gasteiger partial charge is 0.412 e. The highest BCUT2D eigenvalue weighted by molar-refractivity contribution is 6.08. The molecule has 0 aliphatic heterocycles. The Kier molecular flexibility index (Phi) is 10.4. The molecule has 228 valence electrons. The van der Waals surface area contributed by atoms with Gasteiger partial charge in [0.05, 0.1) is 0 Å². The topological polar surface area (TPSA) is 125 Å². The summed E-state index contributed by atoms with van der Waals surface area (Å²) in [6.07, 6.45) is -0.721. The van der Waals surface area contributed by atoms with Gasteiger partial charge in [0.25, 0.3) is 5.91 Å². The summed E-state index contributed by atoms with van der Waals surface area (Å²) in [4.78, 5) is 39.3. The minimum atomic E-state index is -1.17. The van der Waals surface area contributed by atoms with Gasteiger partial charge in [-0.3, -0.25) is 14.9 Å². The number of carbonyl (C=O) groups excluding carboxylic acids is 3. The van der Waals surface area contributed by atoms with Crippen molar-refractivity contribution in [2.24, 2.45) is 0 Å². The van der Waals surface area contributed by atoms with Crippen molar-refractivity contribution in [3.05, 3.63) is 94.5 Å². The summed E-state index contributed by atoms with van der Waals surface area (Å²) < 4.78 is 5.36. The molecular formula is C36H38N2O6. The van der Waals surface area contributed by atoms with Crippen LogP contribution in [0.4, 0.5) is 16.2 Å². The quantitative estimate of drug-likeness (QED) is 0.206. The minimum absolute atomic E-state index is 0.0108. The Morgan fingerprint density at radius 2 is 1.27 bits per heavy atom. The van der Waals surface area contributed by atoms with Crippen LogP contribution in [-0.4, -0.2) is 44.8 Å². The molecule has 0 spiro atoms. The number of anilines is 2. The lowest BCUT2D eigenvalue weighted by atomic mass is 9.98. The Labute approximate surface area is 258 Å². The molecule has 0 fully saturated rings.